The molecule has 1 aliphatic rings. The van der Waals surface area contributed by atoms with Crippen molar-refractivity contribution in [3.63, 3.8) is 0 Å². The van der Waals surface area contributed by atoms with Gasteiger partial charge in [-0.3, -0.25) is 0 Å². The van der Waals surface area contributed by atoms with Crippen LogP contribution in [0.25, 0.3) is 0 Å². The van der Waals surface area contributed by atoms with Gasteiger partial charge in [0.05, 0.1) is 23.4 Å². The van der Waals surface area contributed by atoms with Crippen LogP contribution in [0, 0.1) is 11.3 Å². The quantitative estimate of drug-likeness (QED) is 0.773. The second-order valence-corrected chi connectivity index (χ2v) is 6.85. The molecule has 2 N–H and O–H groups in total. The number of nitriles is 1. The van der Waals surface area contributed by atoms with Crippen LogP contribution in [-0.4, -0.2) is 31.8 Å². The molecule has 2 atom stereocenters. The maximum atomic E-state index is 12.6. The maximum absolute atomic E-state index is 12.6. The lowest BCUT2D eigenvalue weighted by atomic mass is 10.1. The molecule has 1 heterocycles. The van der Waals surface area contributed by atoms with Crippen molar-refractivity contribution in [1.29, 1.82) is 5.26 Å². The topological polar surface area (TPSA) is 77.4 Å². The van der Waals surface area contributed by atoms with Gasteiger partial charge in [0.2, 0.25) is 0 Å². The number of halogens is 2. The molecule has 29 heavy (non-hydrogen) atoms. The Morgan fingerprint density at radius 3 is 2.66 bits per heavy atom. The van der Waals surface area contributed by atoms with Gasteiger partial charge >= 0.3 is 12.6 Å². The average molecular weight is 400 g/mol. The number of carbonyl (C=O) groups is 1. The van der Waals surface area contributed by atoms with E-state index in [2.05, 4.69) is 21.4 Å². The molecular weight excluding hydrogens is 378 g/mol. The monoisotopic (exact) mass is 400 g/mol. The van der Waals surface area contributed by atoms with E-state index in [0.717, 1.165) is 5.56 Å². The zero-order valence-electron chi connectivity index (χ0n) is 15.9. The van der Waals surface area contributed by atoms with Crippen molar-refractivity contribution in [2.75, 3.05) is 18.0 Å². The summed E-state index contributed by atoms with van der Waals surface area (Å²) in [4.78, 5) is 14.3. The van der Waals surface area contributed by atoms with Crippen molar-refractivity contribution in [3.05, 3.63) is 59.7 Å². The maximum Gasteiger partial charge on any atom is 0.387 e. The summed E-state index contributed by atoms with van der Waals surface area (Å²) in [5, 5.41) is 14.7. The van der Waals surface area contributed by atoms with E-state index in [0.29, 0.717) is 30.8 Å². The van der Waals surface area contributed by atoms with Gasteiger partial charge < -0.3 is 20.3 Å². The summed E-state index contributed by atoms with van der Waals surface area (Å²) in [5.74, 6) is 0.127. The van der Waals surface area contributed by atoms with Crippen molar-refractivity contribution >= 4 is 11.7 Å². The Morgan fingerprint density at radius 1 is 1.24 bits per heavy atom. The predicted molar refractivity (Wildman–Crippen MR) is 105 cm³/mol. The van der Waals surface area contributed by atoms with E-state index in [9.17, 15) is 13.6 Å². The van der Waals surface area contributed by atoms with Crippen LogP contribution in [0.4, 0.5) is 19.3 Å². The number of hydrogen-bond acceptors (Lipinski definition) is 4. The van der Waals surface area contributed by atoms with Gasteiger partial charge in [0.25, 0.3) is 0 Å². The Morgan fingerprint density at radius 2 is 1.97 bits per heavy atom. The number of rotatable bonds is 6. The summed E-state index contributed by atoms with van der Waals surface area (Å²) in [6.07, 6.45) is 0.696. The standard InChI is InChI=1S/C21H22F2N4O2/c1-14(16-8-6-15(12-24)7-9-16)25-21(28)26-17-10-11-27(13-17)18-4-2-3-5-19(18)29-20(22)23/h2-9,14,17,20H,10-11,13H2,1H3,(H2,25,26,28). The van der Waals surface area contributed by atoms with Gasteiger partial charge in [-0.2, -0.15) is 14.0 Å². The zero-order chi connectivity index (χ0) is 20.8. The van der Waals surface area contributed by atoms with E-state index in [1.165, 1.54) is 6.07 Å². The first kappa shape index (κ1) is 20.4. The smallest absolute Gasteiger partial charge is 0.387 e. The van der Waals surface area contributed by atoms with Gasteiger partial charge in [-0.1, -0.05) is 24.3 Å². The molecule has 3 rings (SSSR count). The number of nitrogens with one attached hydrogen (secondary N) is 2. The van der Waals surface area contributed by atoms with Gasteiger partial charge in [0.1, 0.15) is 5.75 Å². The molecule has 2 unspecified atom stereocenters. The number of carbonyl (C=O) groups excluding carboxylic acids is 1. The molecule has 1 fully saturated rings. The molecule has 0 bridgehead atoms. The zero-order valence-corrected chi connectivity index (χ0v) is 15.9. The predicted octanol–water partition coefficient (Wildman–Crippen LogP) is 3.80. The fourth-order valence-electron chi connectivity index (χ4n) is 3.36. The number of alkyl halides is 2. The van der Waals surface area contributed by atoms with E-state index < -0.39 is 6.61 Å². The normalized spacial score (nSPS) is 16.9. The second kappa shape index (κ2) is 9.24. The molecular formula is C21H22F2N4O2. The van der Waals surface area contributed by atoms with Gasteiger partial charge in [-0.25, -0.2) is 4.79 Å². The number of nitrogens with zero attached hydrogens (tertiary/aromatic N) is 2. The van der Waals surface area contributed by atoms with Crippen molar-refractivity contribution in [2.45, 2.75) is 32.0 Å². The minimum atomic E-state index is -2.89. The lowest BCUT2D eigenvalue weighted by Gasteiger charge is -2.22. The first-order valence-electron chi connectivity index (χ1n) is 9.32. The highest BCUT2D eigenvalue weighted by molar-refractivity contribution is 5.75. The third-order valence-electron chi connectivity index (χ3n) is 4.83. The number of hydrogen-bond donors (Lipinski definition) is 2. The fourth-order valence-corrected chi connectivity index (χ4v) is 3.36. The van der Waals surface area contributed by atoms with Gasteiger partial charge in [0.15, 0.2) is 0 Å². The fraction of sp³-hybridized carbons (Fsp3) is 0.333. The van der Waals surface area contributed by atoms with E-state index in [1.54, 1.807) is 42.5 Å². The average Bonchev–Trinajstić information content (AvgIpc) is 3.16. The number of ether oxygens (including phenoxy) is 1. The lowest BCUT2D eigenvalue weighted by molar-refractivity contribution is -0.0495. The highest BCUT2D eigenvalue weighted by Crippen LogP contribution is 2.31. The van der Waals surface area contributed by atoms with Crippen LogP contribution >= 0.6 is 0 Å². The van der Waals surface area contributed by atoms with E-state index in [1.807, 2.05) is 11.8 Å². The van der Waals surface area contributed by atoms with Gasteiger partial charge in [-0.05, 0) is 43.2 Å². The number of para-hydroxylation sites is 2. The SMILES string of the molecule is CC(NC(=O)NC1CCN(c2ccccc2OC(F)F)C1)c1ccc(C#N)cc1. The third-order valence-corrected chi connectivity index (χ3v) is 4.83. The second-order valence-electron chi connectivity index (χ2n) is 6.85. The summed E-state index contributed by atoms with van der Waals surface area (Å²) < 4.78 is 29.8. The first-order chi connectivity index (χ1) is 14.0. The molecule has 0 radical (unpaired) electrons. The summed E-state index contributed by atoms with van der Waals surface area (Å²) in [6, 6.07) is 15.1. The molecule has 0 aliphatic carbocycles. The van der Waals surface area contributed by atoms with E-state index in [4.69, 9.17) is 5.26 Å². The van der Waals surface area contributed by atoms with Crippen molar-refractivity contribution in [1.82, 2.24) is 10.6 Å². The Hall–Kier alpha value is -3.34. The van der Waals surface area contributed by atoms with Crippen LogP contribution in [0.5, 0.6) is 5.75 Å². The Labute approximate surface area is 168 Å². The van der Waals surface area contributed by atoms with Crippen LogP contribution in [0.2, 0.25) is 0 Å². The summed E-state index contributed by atoms with van der Waals surface area (Å²) in [7, 11) is 0. The van der Waals surface area contributed by atoms with E-state index in [-0.39, 0.29) is 23.9 Å². The Balaban J connectivity index is 1.54. The molecule has 6 nitrogen and oxygen atoms in total. The number of anilines is 1. The van der Waals surface area contributed by atoms with Crippen LogP contribution in [0.15, 0.2) is 48.5 Å². The number of amides is 2. The highest BCUT2D eigenvalue weighted by atomic mass is 19.3. The van der Waals surface area contributed by atoms with Crippen molar-refractivity contribution in [2.24, 2.45) is 0 Å². The van der Waals surface area contributed by atoms with Gasteiger partial charge in [-0.15, -0.1) is 0 Å². The molecule has 2 aromatic carbocycles. The number of benzene rings is 2. The molecule has 0 spiro atoms. The molecule has 1 aliphatic heterocycles. The van der Waals surface area contributed by atoms with Crippen LogP contribution in [-0.2, 0) is 0 Å². The molecule has 0 saturated carbocycles. The van der Waals surface area contributed by atoms with Crippen molar-refractivity contribution < 1.29 is 18.3 Å². The molecule has 152 valence electrons. The third kappa shape index (κ3) is 5.35. The van der Waals surface area contributed by atoms with E-state index >= 15 is 0 Å². The molecule has 1 saturated heterocycles. The van der Waals surface area contributed by atoms with Crippen LogP contribution in [0.3, 0.4) is 0 Å². The molecule has 2 amide bonds. The van der Waals surface area contributed by atoms with Gasteiger partial charge in [0, 0.05) is 19.1 Å². The number of urea groups is 1. The minimum Gasteiger partial charge on any atom is -0.433 e. The summed E-state index contributed by atoms with van der Waals surface area (Å²) in [5.41, 5.74) is 2.04. The molecule has 0 aromatic heterocycles. The van der Waals surface area contributed by atoms with Crippen LogP contribution < -0.4 is 20.3 Å². The summed E-state index contributed by atoms with van der Waals surface area (Å²) >= 11 is 0. The Kier molecular flexibility index (Phi) is 6.50. The largest absolute Gasteiger partial charge is 0.433 e. The lowest BCUT2D eigenvalue weighted by Crippen LogP contribution is -2.44. The summed E-state index contributed by atoms with van der Waals surface area (Å²) in [6.45, 7) is 0.101. The minimum absolute atomic E-state index is 0.109. The Bertz CT molecular complexity index is 883. The van der Waals surface area contributed by atoms with Crippen LogP contribution in [0.1, 0.15) is 30.5 Å². The first-order valence-corrected chi connectivity index (χ1v) is 9.32. The molecule has 2 aromatic rings. The highest BCUT2D eigenvalue weighted by Gasteiger charge is 2.26. The van der Waals surface area contributed by atoms with Crippen molar-refractivity contribution in [3.8, 4) is 11.8 Å². The molecule has 8 heteroatoms.